The summed E-state index contributed by atoms with van der Waals surface area (Å²) in [5.41, 5.74) is 1.29. The highest BCUT2D eigenvalue weighted by Crippen LogP contribution is 2.40. The molecule has 2 saturated heterocycles. The Bertz CT molecular complexity index is 947. The molecule has 4 atom stereocenters. The fourth-order valence-electron chi connectivity index (χ4n) is 4.55. The summed E-state index contributed by atoms with van der Waals surface area (Å²) in [6.07, 6.45) is 2.52. The number of nitrogens with zero attached hydrogens (tertiary/aromatic N) is 4. The highest BCUT2D eigenvalue weighted by Gasteiger charge is 2.51. The number of alkyl halides is 1. The molecule has 4 unspecified atom stereocenters. The van der Waals surface area contributed by atoms with Crippen LogP contribution in [0.3, 0.4) is 0 Å². The van der Waals surface area contributed by atoms with E-state index in [1.807, 2.05) is 0 Å². The third kappa shape index (κ3) is 4.12. The van der Waals surface area contributed by atoms with Crippen molar-refractivity contribution in [1.82, 2.24) is 14.9 Å². The van der Waals surface area contributed by atoms with Crippen molar-refractivity contribution in [3.8, 4) is 17.0 Å². The molecular formula is C21H24ClFN4O4. The Labute approximate surface area is 184 Å². The minimum Gasteiger partial charge on any atom is -0.467 e. The van der Waals surface area contributed by atoms with Gasteiger partial charge in [0, 0.05) is 30.8 Å². The Hall–Kier alpha value is -2.65. The monoisotopic (exact) mass is 450 g/mol. The SMILES string of the molecule is COCOc1cc(Cl)ccc1-c1cnc(N(C)C2CC3CCC(C2F)N3C(=O)O)cn1. The molecule has 1 aromatic heterocycles. The van der Waals surface area contributed by atoms with Gasteiger partial charge in [-0.2, -0.15) is 0 Å². The van der Waals surface area contributed by atoms with Gasteiger partial charge >= 0.3 is 6.09 Å². The number of rotatable bonds is 6. The van der Waals surface area contributed by atoms with Crippen molar-refractivity contribution in [2.75, 3.05) is 25.9 Å². The third-order valence-electron chi connectivity index (χ3n) is 6.06. The fourth-order valence-corrected chi connectivity index (χ4v) is 4.72. The van der Waals surface area contributed by atoms with Crippen LogP contribution < -0.4 is 9.64 Å². The quantitative estimate of drug-likeness (QED) is 0.669. The van der Waals surface area contributed by atoms with E-state index in [2.05, 4.69) is 9.97 Å². The third-order valence-corrected chi connectivity index (χ3v) is 6.30. The molecule has 166 valence electrons. The summed E-state index contributed by atoms with van der Waals surface area (Å²) < 4.78 is 25.8. The minimum atomic E-state index is -1.29. The number of piperidine rings is 1. The van der Waals surface area contributed by atoms with Crippen LogP contribution in [0, 0.1) is 0 Å². The topological polar surface area (TPSA) is 88.0 Å². The number of fused-ring (bicyclic) bond motifs is 2. The second kappa shape index (κ2) is 8.84. The Morgan fingerprint density at radius 1 is 1.35 bits per heavy atom. The molecule has 10 heteroatoms. The van der Waals surface area contributed by atoms with Gasteiger partial charge in [0.15, 0.2) is 6.79 Å². The Kier molecular flexibility index (Phi) is 6.15. The molecule has 2 aromatic rings. The van der Waals surface area contributed by atoms with Gasteiger partial charge < -0.3 is 19.5 Å². The van der Waals surface area contributed by atoms with E-state index in [-0.39, 0.29) is 12.8 Å². The zero-order chi connectivity index (χ0) is 22.1. The molecule has 1 N–H and O–H groups in total. The maximum absolute atomic E-state index is 15.2. The number of methoxy groups -OCH3 is 1. The van der Waals surface area contributed by atoms with Crippen LogP contribution in [-0.2, 0) is 4.74 Å². The van der Waals surface area contributed by atoms with E-state index in [1.165, 1.54) is 12.0 Å². The predicted molar refractivity (Wildman–Crippen MR) is 113 cm³/mol. The van der Waals surface area contributed by atoms with Gasteiger partial charge in [0.2, 0.25) is 0 Å². The van der Waals surface area contributed by atoms with Crippen molar-refractivity contribution < 1.29 is 23.8 Å². The lowest BCUT2D eigenvalue weighted by Gasteiger charge is -2.43. The molecule has 1 aromatic carbocycles. The van der Waals surface area contributed by atoms with E-state index in [1.54, 1.807) is 42.5 Å². The maximum atomic E-state index is 15.2. The summed E-state index contributed by atoms with van der Waals surface area (Å²) in [6.45, 7) is 0.0663. The van der Waals surface area contributed by atoms with E-state index in [4.69, 9.17) is 21.1 Å². The number of aromatic nitrogens is 2. The number of amides is 1. The number of carbonyl (C=O) groups is 1. The van der Waals surface area contributed by atoms with Crippen LogP contribution in [0.2, 0.25) is 5.02 Å². The van der Waals surface area contributed by atoms with Crippen LogP contribution in [0.4, 0.5) is 15.0 Å². The standard InChI is InChI=1S/C21H24ClFN4O4/c1-26(17-8-13-4-6-16(20(17)23)27(13)21(28)29)19-10-24-15(9-25-19)14-5-3-12(22)7-18(14)31-11-30-2/h3,5,7,9-10,13,16-17,20H,4,6,8,11H2,1-2H3,(H,28,29). The lowest BCUT2D eigenvalue weighted by Crippen LogP contribution is -2.58. The smallest absolute Gasteiger partial charge is 0.407 e. The summed E-state index contributed by atoms with van der Waals surface area (Å²) in [6, 6.07) is 3.98. The number of halogens is 2. The van der Waals surface area contributed by atoms with E-state index in [9.17, 15) is 9.90 Å². The van der Waals surface area contributed by atoms with Gasteiger partial charge in [-0.3, -0.25) is 9.88 Å². The van der Waals surface area contributed by atoms with Gasteiger partial charge in [0.25, 0.3) is 0 Å². The summed E-state index contributed by atoms with van der Waals surface area (Å²) in [7, 11) is 3.30. The Morgan fingerprint density at radius 2 is 2.16 bits per heavy atom. The van der Waals surface area contributed by atoms with E-state index < -0.39 is 24.3 Å². The second-order valence-electron chi connectivity index (χ2n) is 7.80. The Balaban J connectivity index is 1.53. The summed E-state index contributed by atoms with van der Waals surface area (Å²) in [5.74, 6) is 1.04. The number of benzene rings is 1. The summed E-state index contributed by atoms with van der Waals surface area (Å²) >= 11 is 6.07. The van der Waals surface area contributed by atoms with Crippen LogP contribution in [-0.4, -0.2) is 71.3 Å². The van der Waals surface area contributed by atoms with Crippen LogP contribution in [0.25, 0.3) is 11.3 Å². The Morgan fingerprint density at radius 3 is 2.84 bits per heavy atom. The molecule has 3 heterocycles. The second-order valence-corrected chi connectivity index (χ2v) is 8.23. The van der Waals surface area contributed by atoms with Crippen molar-refractivity contribution in [3.63, 3.8) is 0 Å². The highest BCUT2D eigenvalue weighted by atomic mass is 35.5. The zero-order valence-electron chi connectivity index (χ0n) is 17.2. The first-order valence-electron chi connectivity index (χ1n) is 10.0. The van der Waals surface area contributed by atoms with Gasteiger partial charge in [0.1, 0.15) is 17.7 Å². The average molecular weight is 451 g/mol. The normalized spacial score (nSPS) is 24.8. The average Bonchev–Trinajstić information content (AvgIpc) is 3.12. The van der Waals surface area contributed by atoms with Crippen molar-refractivity contribution in [2.24, 2.45) is 0 Å². The van der Waals surface area contributed by atoms with Crippen molar-refractivity contribution >= 4 is 23.5 Å². The van der Waals surface area contributed by atoms with Crippen LogP contribution >= 0.6 is 11.6 Å². The summed E-state index contributed by atoms with van der Waals surface area (Å²) in [5, 5.41) is 9.93. The number of hydrogen-bond acceptors (Lipinski definition) is 6. The van der Waals surface area contributed by atoms with E-state index >= 15 is 4.39 Å². The molecule has 0 aliphatic carbocycles. The number of carboxylic acid groups (broad SMARTS) is 1. The van der Waals surface area contributed by atoms with Gasteiger partial charge in [-0.25, -0.2) is 14.2 Å². The molecule has 0 radical (unpaired) electrons. The first-order chi connectivity index (χ1) is 14.9. The molecule has 8 nitrogen and oxygen atoms in total. The highest BCUT2D eigenvalue weighted by molar-refractivity contribution is 6.30. The molecular weight excluding hydrogens is 427 g/mol. The van der Waals surface area contributed by atoms with Crippen molar-refractivity contribution in [3.05, 3.63) is 35.6 Å². The van der Waals surface area contributed by atoms with Crippen molar-refractivity contribution in [1.29, 1.82) is 0 Å². The van der Waals surface area contributed by atoms with Crippen LogP contribution in [0.15, 0.2) is 30.6 Å². The van der Waals surface area contributed by atoms with Gasteiger partial charge in [0.05, 0.1) is 30.2 Å². The molecule has 0 saturated carbocycles. The largest absolute Gasteiger partial charge is 0.467 e. The maximum Gasteiger partial charge on any atom is 0.407 e. The molecule has 2 bridgehead atoms. The summed E-state index contributed by atoms with van der Waals surface area (Å²) in [4.78, 5) is 23.5. The minimum absolute atomic E-state index is 0.0663. The molecule has 4 rings (SSSR count). The lowest BCUT2D eigenvalue weighted by molar-refractivity contribution is 0.0489. The fraction of sp³-hybridized carbons (Fsp3) is 0.476. The predicted octanol–water partition coefficient (Wildman–Crippen LogP) is 3.84. The first kappa shape index (κ1) is 21.6. The van der Waals surface area contributed by atoms with E-state index in [0.29, 0.717) is 47.1 Å². The molecule has 2 aliphatic heterocycles. The first-order valence-corrected chi connectivity index (χ1v) is 10.4. The molecule has 31 heavy (non-hydrogen) atoms. The number of ether oxygens (including phenoxy) is 2. The van der Waals surface area contributed by atoms with Crippen LogP contribution in [0.5, 0.6) is 5.75 Å². The van der Waals surface area contributed by atoms with Gasteiger partial charge in [-0.05, 0) is 37.5 Å². The molecule has 2 aliphatic rings. The molecule has 2 fully saturated rings. The lowest BCUT2D eigenvalue weighted by atomic mass is 9.94. The van der Waals surface area contributed by atoms with Gasteiger partial charge in [-0.1, -0.05) is 11.6 Å². The van der Waals surface area contributed by atoms with Crippen LogP contribution in [0.1, 0.15) is 19.3 Å². The molecule has 0 spiro atoms. The molecule has 1 amide bonds. The van der Waals surface area contributed by atoms with Crippen molar-refractivity contribution in [2.45, 2.75) is 43.6 Å². The zero-order valence-corrected chi connectivity index (χ0v) is 18.0. The van der Waals surface area contributed by atoms with E-state index in [0.717, 1.165) is 0 Å². The van der Waals surface area contributed by atoms with Gasteiger partial charge in [-0.15, -0.1) is 0 Å². The number of hydrogen-bond donors (Lipinski definition) is 1. The number of anilines is 1.